The molecular weight excluding hydrogens is 260 g/mol. The zero-order valence-corrected chi connectivity index (χ0v) is 12.9. The maximum atomic E-state index is 11.6. The van der Waals surface area contributed by atoms with Crippen LogP contribution in [0, 0.1) is 12.3 Å². The molecule has 0 amide bonds. The number of ether oxygens (including phenoxy) is 1. The van der Waals surface area contributed by atoms with Crippen LogP contribution >= 0.6 is 11.3 Å². The van der Waals surface area contributed by atoms with Crippen molar-refractivity contribution in [3.8, 4) is 0 Å². The Morgan fingerprint density at radius 2 is 2.26 bits per heavy atom. The molecule has 0 saturated heterocycles. The molecule has 1 atom stereocenters. The molecule has 0 spiro atoms. The highest BCUT2D eigenvalue weighted by molar-refractivity contribution is 7.17. The summed E-state index contributed by atoms with van der Waals surface area (Å²) in [4.78, 5) is 16.6. The van der Waals surface area contributed by atoms with E-state index in [9.17, 15) is 4.79 Å². The van der Waals surface area contributed by atoms with Crippen LogP contribution in [-0.2, 0) is 4.74 Å². The molecule has 1 aromatic heterocycles. The predicted molar refractivity (Wildman–Crippen MR) is 77.9 cm³/mol. The lowest BCUT2D eigenvalue weighted by atomic mass is 9.75. The van der Waals surface area contributed by atoms with Gasteiger partial charge >= 0.3 is 5.97 Å². The van der Waals surface area contributed by atoms with Crippen molar-refractivity contribution in [1.29, 1.82) is 0 Å². The molecule has 1 unspecified atom stereocenters. The summed E-state index contributed by atoms with van der Waals surface area (Å²) in [6, 6.07) is 0.458. The summed E-state index contributed by atoms with van der Waals surface area (Å²) in [7, 11) is 1.40. The number of nitrogens with one attached hydrogen (secondary N) is 1. The summed E-state index contributed by atoms with van der Waals surface area (Å²) < 4.78 is 4.76. The first kappa shape index (κ1) is 14.3. The molecule has 1 aromatic rings. The Morgan fingerprint density at radius 1 is 1.53 bits per heavy atom. The van der Waals surface area contributed by atoms with Crippen molar-refractivity contribution in [3.05, 3.63) is 10.6 Å². The molecule has 2 rings (SSSR count). The van der Waals surface area contributed by atoms with Crippen LogP contribution in [0.15, 0.2) is 0 Å². The first-order valence-corrected chi connectivity index (χ1v) is 7.55. The van der Waals surface area contributed by atoms with E-state index in [-0.39, 0.29) is 5.97 Å². The summed E-state index contributed by atoms with van der Waals surface area (Å²) in [6.07, 6.45) is 4.86. The van der Waals surface area contributed by atoms with E-state index in [1.165, 1.54) is 37.7 Å². The molecule has 1 heterocycles. The molecule has 1 saturated carbocycles. The van der Waals surface area contributed by atoms with Gasteiger partial charge < -0.3 is 10.1 Å². The van der Waals surface area contributed by atoms with E-state index in [0.717, 1.165) is 17.2 Å². The third kappa shape index (κ3) is 3.47. The van der Waals surface area contributed by atoms with Gasteiger partial charge in [0.15, 0.2) is 5.13 Å². The first-order valence-electron chi connectivity index (χ1n) is 6.73. The lowest BCUT2D eigenvalue weighted by molar-refractivity contribution is 0.0605. The number of rotatable bonds is 3. The fourth-order valence-corrected chi connectivity index (χ4v) is 3.70. The lowest BCUT2D eigenvalue weighted by Gasteiger charge is -2.35. The summed E-state index contributed by atoms with van der Waals surface area (Å²) in [5.74, 6) is -0.299. The van der Waals surface area contributed by atoms with Gasteiger partial charge in [0, 0.05) is 6.04 Å². The number of carbonyl (C=O) groups is 1. The molecule has 0 bridgehead atoms. The Hall–Kier alpha value is -1.10. The van der Waals surface area contributed by atoms with Gasteiger partial charge in [-0.25, -0.2) is 9.78 Å². The van der Waals surface area contributed by atoms with Gasteiger partial charge in [-0.1, -0.05) is 31.6 Å². The smallest absolute Gasteiger partial charge is 0.350 e. The first-order chi connectivity index (χ1) is 8.91. The van der Waals surface area contributed by atoms with Crippen LogP contribution < -0.4 is 5.32 Å². The maximum Gasteiger partial charge on any atom is 0.350 e. The minimum absolute atomic E-state index is 0.299. The zero-order valence-electron chi connectivity index (χ0n) is 12.1. The number of nitrogens with zero attached hydrogens (tertiary/aromatic N) is 1. The van der Waals surface area contributed by atoms with Crippen molar-refractivity contribution in [2.45, 2.75) is 52.5 Å². The van der Waals surface area contributed by atoms with Crippen LogP contribution in [0.2, 0.25) is 0 Å². The molecule has 0 radical (unpaired) electrons. The lowest BCUT2D eigenvalue weighted by Crippen LogP contribution is -2.31. The number of hydrogen-bond donors (Lipinski definition) is 1. The van der Waals surface area contributed by atoms with Gasteiger partial charge in [0.2, 0.25) is 0 Å². The molecule has 1 N–H and O–H groups in total. The van der Waals surface area contributed by atoms with Crippen LogP contribution in [-0.4, -0.2) is 24.1 Å². The minimum Gasteiger partial charge on any atom is -0.465 e. The molecule has 0 aliphatic heterocycles. The van der Waals surface area contributed by atoms with E-state index in [1.807, 2.05) is 6.92 Å². The molecule has 0 aromatic carbocycles. The summed E-state index contributed by atoms with van der Waals surface area (Å²) in [5, 5.41) is 4.31. The molecule has 19 heavy (non-hydrogen) atoms. The minimum atomic E-state index is -0.299. The number of thiazole rings is 1. The van der Waals surface area contributed by atoms with Crippen molar-refractivity contribution < 1.29 is 9.53 Å². The van der Waals surface area contributed by atoms with E-state index in [4.69, 9.17) is 4.74 Å². The number of aryl methyl sites for hydroxylation is 1. The van der Waals surface area contributed by atoms with E-state index in [1.54, 1.807) is 0 Å². The van der Waals surface area contributed by atoms with Gasteiger partial charge in [0.25, 0.3) is 0 Å². The number of anilines is 1. The van der Waals surface area contributed by atoms with E-state index in [2.05, 4.69) is 24.1 Å². The Morgan fingerprint density at radius 3 is 2.89 bits per heavy atom. The highest BCUT2D eigenvalue weighted by Crippen LogP contribution is 2.37. The van der Waals surface area contributed by atoms with Crippen LogP contribution in [0.3, 0.4) is 0 Å². The van der Waals surface area contributed by atoms with Gasteiger partial charge in [0.1, 0.15) is 4.88 Å². The average molecular weight is 282 g/mol. The molecule has 5 heteroatoms. The summed E-state index contributed by atoms with van der Waals surface area (Å²) >= 11 is 1.39. The second kappa shape index (κ2) is 5.49. The van der Waals surface area contributed by atoms with Crippen molar-refractivity contribution in [1.82, 2.24) is 4.98 Å². The van der Waals surface area contributed by atoms with Crippen molar-refractivity contribution in [2.24, 2.45) is 5.41 Å². The van der Waals surface area contributed by atoms with Gasteiger partial charge in [0.05, 0.1) is 12.8 Å². The van der Waals surface area contributed by atoms with Crippen LogP contribution in [0.4, 0.5) is 5.13 Å². The van der Waals surface area contributed by atoms with Gasteiger partial charge in [-0.3, -0.25) is 0 Å². The quantitative estimate of drug-likeness (QED) is 0.860. The monoisotopic (exact) mass is 282 g/mol. The topological polar surface area (TPSA) is 51.2 Å². The Kier molecular flexibility index (Phi) is 4.13. The predicted octanol–water partition coefficient (Wildman–Crippen LogP) is 3.62. The normalized spacial score (nSPS) is 22.0. The fourth-order valence-electron chi connectivity index (χ4n) is 2.74. The number of methoxy groups -OCH3 is 1. The van der Waals surface area contributed by atoms with E-state index < -0.39 is 0 Å². The molecule has 106 valence electrons. The van der Waals surface area contributed by atoms with Crippen LogP contribution in [0.5, 0.6) is 0 Å². The number of esters is 1. The Balaban J connectivity index is 2.05. The van der Waals surface area contributed by atoms with Crippen molar-refractivity contribution in [2.75, 3.05) is 12.4 Å². The standard InChI is InChI=1S/C14H22N2O2S/c1-9-11(12(17)18-4)19-13(15-9)16-10-6-5-7-14(2,3)8-10/h10H,5-8H2,1-4H3,(H,15,16). The summed E-state index contributed by atoms with van der Waals surface area (Å²) in [6.45, 7) is 6.47. The second-order valence-corrected chi connectivity index (χ2v) is 7.03. The van der Waals surface area contributed by atoms with Crippen LogP contribution in [0.1, 0.15) is 54.9 Å². The third-order valence-electron chi connectivity index (χ3n) is 3.70. The van der Waals surface area contributed by atoms with E-state index >= 15 is 0 Å². The van der Waals surface area contributed by atoms with Gasteiger partial charge in [-0.2, -0.15) is 0 Å². The number of carbonyl (C=O) groups excluding carboxylic acids is 1. The van der Waals surface area contributed by atoms with Gasteiger partial charge in [-0.15, -0.1) is 0 Å². The third-order valence-corrected chi connectivity index (χ3v) is 4.77. The fraction of sp³-hybridized carbons (Fsp3) is 0.714. The highest BCUT2D eigenvalue weighted by Gasteiger charge is 2.28. The van der Waals surface area contributed by atoms with Gasteiger partial charge in [-0.05, 0) is 31.6 Å². The molecule has 1 aliphatic carbocycles. The van der Waals surface area contributed by atoms with Crippen molar-refractivity contribution >= 4 is 22.4 Å². The van der Waals surface area contributed by atoms with Crippen LogP contribution in [0.25, 0.3) is 0 Å². The molecule has 1 aliphatic rings. The van der Waals surface area contributed by atoms with E-state index in [0.29, 0.717) is 16.3 Å². The zero-order chi connectivity index (χ0) is 14.0. The summed E-state index contributed by atoms with van der Waals surface area (Å²) in [5.41, 5.74) is 1.14. The highest BCUT2D eigenvalue weighted by atomic mass is 32.1. The maximum absolute atomic E-state index is 11.6. The molecule has 1 fully saturated rings. The molecular formula is C14H22N2O2S. The Bertz CT molecular complexity index is 468. The Labute approximate surface area is 118 Å². The SMILES string of the molecule is COC(=O)c1sc(NC2CCCC(C)(C)C2)nc1C. The molecule has 4 nitrogen and oxygen atoms in total. The number of hydrogen-bond acceptors (Lipinski definition) is 5. The average Bonchev–Trinajstić information content (AvgIpc) is 2.68. The number of aromatic nitrogens is 1. The van der Waals surface area contributed by atoms with Crippen molar-refractivity contribution in [3.63, 3.8) is 0 Å². The second-order valence-electron chi connectivity index (χ2n) is 6.03. The largest absolute Gasteiger partial charge is 0.465 e.